The Morgan fingerprint density at radius 3 is 2.95 bits per heavy atom. The molecule has 2 N–H and O–H groups in total. The number of rotatable bonds is 3. The number of aromatic amines is 1. The minimum Gasteiger partial charge on any atom is -0.353 e. The number of nitrogens with one attached hydrogen (secondary N) is 2. The Labute approximate surface area is 126 Å². The van der Waals surface area contributed by atoms with E-state index in [0.717, 1.165) is 31.4 Å². The SMILES string of the molecule is O=C(N[C@@H]1CCCN(c2cnccn2)C1)c1cncc(=O)[nH]1. The van der Waals surface area contributed by atoms with Crippen LogP contribution in [0, 0.1) is 0 Å². The fraction of sp³-hybridized carbons (Fsp3) is 0.357. The molecule has 8 heteroatoms. The zero-order chi connectivity index (χ0) is 15.4. The number of carbonyl (C=O) groups excluding carboxylic acids is 1. The average Bonchev–Trinajstić information content (AvgIpc) is 2.56. The number of hydrogen-bond acceptors (Lipinski definition) is 6. The Kier molecular flexibility index (Phi) is 4.08. The van der Waals surface area contributed by atoms with Crippen LogP contribution in [0.4, 0.5) is 5.82 Å². The van der Waals surface area contributed by atoms with Gasteiger partial charge in [0.15, 0.2) is 0 Å². The van der Waals surface area contributed by atoms with E-state index in [9.17, 15) is 9.59 Å². The van der Waals surface area contributed by atoms with E-state index in [1.807, 2.05) is 0 Å². The molecule has 0 saturated carbocycles. The first kappa shape index (κ1) is 14.2. The molecule has 1 aliphatic rings. The van der Waals surface area contributed by atoms with Crippen LogP contribution in [0.25, 0.3) is 0 Å². The Bertz CT molecular complexity index is 702. The van der Waals surface area contributed by atoms with E-state index in [1.165, 1.54) is 6.20 Å². The van der Waals surface area contributed by atoms with Crippen LogP contribution in [0.1, 0.15) is 23.3 Å². The third-order valence-electron chi connectivity index (χ3n) is 3.53. The summed E-state index contributed by atoms with van der Waals surface area (Å²) in [6.45, 7) is 1.55. The second kappa shape index (κ2) is 6.33. The van der Waals surface area contributed by atoms with E-state index >= 15 is 0 Å². The van der Waals surface area contributed by atoms with Gasteiger partial charge in [0.25, 0.3) is 11.5 Å². The molecule has 2 aromatic rings. The van der Waals surface area contributed by atoms with Gasteiger partial charge >= 0.3 is 0 Å². The summed E-state index contributed by atoms with van der Waals surface area (Å²) in [5, 5.41) is 2.92. The van der Waals surface area contributed by atoms with Gasteiger partial charge in [-0.05, 0) is 12.8 Å². The highest BCUT2D eigenvalue weighted by atomic mass is 16.2. The molecule has 22 heavy (non-hydrogen) atoms. The van der Waals surface area contributed by atoms with Crippen molar-refractivity contribution >= 4 is 11.7 Å². The number of amides is 1. The first-order valence-corrected chi connectivity index (χ1v) is 7.08. The molecular weight excluding hydrogens is 284 g/mol. The maximum Gasteiger partial charge on any atom is 0.269 e. The van der Waals surface area contributed by atoms with Gasteiger partial charge in [0.05, 0.1) is 18.6 Å². The Morgan fingerprint density at radius 1 is 1.27 bits per heavy atom. The van der Waals surface area contributed by atoms with Crippen LogP contribution in [0.5, 0.6) is 0 Å². The van der Waals surface area contributed by atoms with E-state index in [-0.39, 0.29) is 17.6 Å². The van der Waals surface area contributed by atoms with Gasteiger partial charge in [0, 0.05) is 31.5 Å². The molecule has 1 saturated heterocycles. The quantitative estimate of drug-likeness (QED) is 0.824. The summed E-state index contributed by atoms with van der Waals surface area (Å²) in [5.41, 5.74) is -0.221. The third kappa shape index (κ3) is 3.27. The molecule has 1 fully saturated rings. The van der Waals surface area contributed by atoms with Gasteiger partial charge in [-0.1, -0.05) is 0 Å². The van der Waals surface area contributed by atoms with E-state index < -0.39 is 5.56 Å². The predicted molar refractivity (Wildman–Crippen MR) is 79.6 cm³/mol. The molecule has 0 bridgehead atoms. The Balaban J connectivity index is 1.65. The standard InChI is InChI=1S/C14H16N6O2/c21-13-8-16-6-11(19-13)14(22)18-10-2-1-5-20(9-10)12-7-15-3-4-17-12/h3-4,6-8,10H,1-2,5,9H2,(H,18,22)(H,19,21)/t10-/m1/s1. The lowest BCUT2D eigenvalue weighted by Crippen LogP contribution is -2.48. The highest BCUT2D eigenvalue weighted by Gasteiger charge is 2.23. The van der Waals surface area contributed by atoms with Crippen molar-refractivity contribution < 1.29 is 4.79 Å². The minimum absolute atomic E-state index is 0.00744. The van der Waals surface area contributed by atoms with Crippen LogP contribution >= 0.6 is 0 Å². The molecule has 0 unspecified atom stereocenters. The molecular formula is C14H16N6O2. The largest absolute Gasteiger partial charge is 0.353 e. The highest BCUT2D eigenvalue weighted by Crippen LogP contribution is 2.16. The monoisotopic (exact) mass is 300 g/mol. The highest BCUT2D eigenvalue weighted by molar-refractivity contribution is 5.92. The zero-order valence-electron chi connectivity index (χ0n) is 11.9. The van der Waals surface area contributed by atoms with Gasteiger partial charge in [-0.3, -0.25) is 19.6 Å². The maximum atomic E-state index is 12.1. The van der Waals surface area contributed by atoms with Crippen LogP contribution in [0.2, 0.25) is 0 Å². The molecule has 0 aromatic carbocycles. The summed E-state index contributed by atoms with van der Waals surface area (Å²) in [7, 11) is 0. The number of hydrogen-bond donors (Lipinski definition) is 2. The van der Waals surface area contributed by atoms with Crippen LogP contribution in [-0.2, 0) is 0 Å². The van der Waals surface area contributed by atoms with Crippen molar-refractivity contribution in [1.29, 1.82) is 0 Å². The minimum atomic E-state index is -0.391. The molecule has 3 heterocycles. The molecule has 1 atom stereocenters. The average molecular weight is 300 g/mol. The molecule has 8 nitrogen and oxygen atoms in total. The zero-order valence-corrected chi connectivity index (χ0v) is 11.9. The number of anilines is 1. The third-order valence-corrected chi connectivity index (χ3v) is 3.53. The lowest BCUT2D eigenvalue weighted by molar-refractivity contribution is 0.0927. The lowest BCUT2D eigenvalue weighted by Gasteiger charge is -2.33. The Hall–Kier alpha value is -2.77. The normalized spacial score (nSPS) is 18.0. The molecule has 0 aliphatic carbocycles. The summed E-state index contributed by atoms with van der Waals surface area (Å²) >= 11 is 0. The van der Waals surface area contributed by atoms with Crippen LogP contribution < -0.4 is 15.8 Å². The summed E-state index contributed by atoms with van der Waals surface area (Å²) in [5.74, 6) is 0.479. The van der Waals surface area contributed by atoms with Crippen molar-refractivity contribution in [2.45, 2.75) is 18.9 Å². The molecule has 1 amide bonds. The fourth-order valence-electron chi connectivity index (χ4n) is 2.51. The van der Waals surface area contributed by atoms with Crippen molar-refractivity contribution in [2.24, 2.45) is 0 Å². The van der Waals surface area contributed by atoms with Crippen molar-refractivity contribution in [3.8, 4) is 0 Å². The van der Waals surface area contributed by atoms with Crippen LogP contribution in [0.3, 0.4) is 0 Å². The Morgan fingerprint density at radius 2 is 2.18 bits per heavy atom. The van der Waals surface area contributed by atoms with Gasteiger partial charge in [0.1, 0.15) is 11.5 Å². The molecule has 0 radical (unpaired) electrons. The molecule has 0 spiro atoms. The van der Waals surface area contributed by atoms with Gasteiger partial charge in [0.2, 0.25) is 0 Å². The molecule has 2 aromatic heterocycles. The second-order valence-electron chi connectivity index (χ2n) is 5.13. The van der Waals surface area contributed by atoms with Crippen molar-refractivity contribution in [1.82, 2.24) is 25.3 Å². The number of aromatic nitrogens is 4. The summed E-state index contributed by atoms with van der Waals surface area (Å²) in [6.07, 6.45) is 9.30. The topological polar surface area (TPSA) is 104 Å². The van der Waals surface area contributed by atoms with E-state index in [0.29, 0.717) is 6.54 Å². The smallest absolute Gasteiger partial charge is 0.269 e. The molecule has 114 valence electrons. The van der Waals surface area contributed by atoms with E-state index in [2.05, 4.69) is 30.2 Å². The summed E-state index contributed by atoms with van der Waals surface area (Å²) in [4.78, 5) is 40.0. The maximum absolute atomic E-state index is 12.1. The predicted octanol–water partition coefficient (Wildman–Crippen LogP) is -0.0413. The van der Waals surface area contributed by atoms with Gasteiger partial charge < -0.3 is 15.2 Å². The van der Waals surface area contributed by atoms with Crippen molar-refractivity contribution in [3.05, 3.63) is 47.0 Å². The van der Waals surface area contributed by atoms with Gasteiger partial charge in [-0.25, -0.2) is 4.98 Å². The van der Waals surface area contributed by atoms with Crippen LogP contribution in [0.15, 0.2) is 35.8 Å². The lowest BCUT2D eigenvalue weighted by atomic mass is 10.1. The first-order valence-electron chi connectivity index (χ1n) is 7.08. The fourth-order valence-corrected chi connectivity index (χ4v) is 2.51. The number of H-pyrrole nitrogens is 1. The van der Waals surface area contributed by atoms with E-state index in [4.69, 9.17) is 0 Å². The first-order chi connectivity index (χ1) is 10.7. The molecule has 3 rings (SSSR count). The molecule has 1 aliphatic heterocycles. The van der Waals surface area contributed by atoms with E-state index in [1.54, 1.807) is 18.6 Å². The van der Waals surface area contributed by atoms with Gasteiger partial charge in [-0.15, -0.1) is 0 Å². The second-order valence-corrected chi connectivity index (χ2v) is 5.13. The number of nitrogens with zero attached hydrogens (tertiary/aromatic N) is 4. The summed E-state index contributed by atoms with van der Waals surface area (Å²) < 4.78 is 0. The number of piperidine rings is 1. The van der Waals surface area contributed by atoms with Crippen molar-refractivity contribution in [3.63, 3.8) is 0 Å². The van der Waals surface area contributed by atoms with Crippen molar-refractivity contribution in [2.75, 3.05) is 18.0 Å². The van der Waals surface area contributed by atoms with Gasteiger partial charge in [-0.2, -0.15) is 0 Å². The summed E-state index contributed by atoms with van der Waals surface area (Å²) in [6, 6.07) is -0.00744. The van der Waals surface area contributed by atoms with Crippen LogP contribution in [-0.4, -0.2) is 45.0 Å². The number of carbonyl (C=O) groups is 1.